The van der Waals surface area contributed by atoms with Crippen molar-refractivity contribution < 1.29 is 0 Å². The summed E-state index contributed by atoms with van der Waals surface area (Å²) in [4.78, 5) is 2.32. The molecule has 0 unspecified atom stereocenters. The van der Waals surface area contributed by atoms with Gasteiger partial charge in [0.15, 0.2) is 0 Å². The van der Waals surface area contributed by atoms with Gasteiger partial charge < -0.3 is 4.90 Å². The van der Waals surface area contributed by atoms with Gasteiger partial charge in [0.05, 0.1) is 33.8 Å². The van der Waals surface area contributed by atoms with Crippen LogP contribution in [0.25, 0.3) is 44.3 Å². The Kier molecular flexibility index (Phi) is 6.95. The van der Waals surface area contributed by atoms with Gasteiger partial charge in [0.1, 0.15) is 0 Å². The molecule has 8 rings (SSSR count). The van der Waals surface area contributed by atoms with Crippen molar-refractivity contribution in [2.75, 3.05) is 4.90 Å². The molecule has 0 aliphatic heterocycles. The van der Waals surface area contributed by atoms with E-state index in [4.69, 9.17) is 10.2 Å². The largest absolute Gasteiger partial charge is 0.311 e. The highest BCUT2D eigenvalue weighted by molar-refractivity contribution is 6.13. The molecule has 0 radical (unpaired) electrons. The lowest BCUT2D eigenvalue weighted by atomic mass is 9.94. The molecule has 5 heteroatoms. The number of hydrogen-bond acceptors (Lipinski definition) is 3. The molecular weight excluding hydrogens is 574 g/mol. The van der Waals surface area contributed by atoms with E-state index in [1.807, 2.05) is 12.1 Å². The maximum absolute atomic E-state index is 5.10. The van der Waals surface area contributed by atoms with Gasteiger partial charge in [-0.15, -0.1) is 0 Å². The molecule has 0 atom stereocenters. The number of rotatable bonds is 6. The van der Waals surface area contributed by atoms with Crippen LogP contribution < -0.4 is 4.90 Å². The third-order valence-corrected chi connectivity index (χ3v) is 8.97. The number of nitrogens with zero attached hydrogens (tertiary/aromatic N) is 5. The van der Waals surface area contributed by atoms with Crippen LogP contribution in [-0.2, 0) is 0 Å². The van der Waals surface area contributed by atoms with Crippen LogP contribution in [0.1, 0.15) is 22.5 Å². The Morgan fingerprint density at radius 2 is 0.830 bits per heavy atom. The zero-order valence-electron chi connectivity index (χ0n) is 27.0. The lowest BCUT2D eigenvalue weighted by Gasteiger charge is -2.26. The van der Waals surface area contributed by atoms with Crippen LogP contribution in [0, 0.1) is 27.7 Å². The summed E-state index contributed by atoms with van der Waals surface area (Å²) in [5, 5.41) is 12.5. The predicted octanol–water partition coefficient (Wildman–Crippen LogP) is 10.7. The Morgan fingerprint density at radius 3 is 1.23 bits per heavy atom. The molecule has 0 bridgehead atoms. The summed E-state index contributed by atoms with van der Waals surface area (Å²) >= 11 is 0. The summed E-state index contributed by atoms with van der Waals surface area (Å²) in [5.74, 6) is 0. The standard InChI is InChI=1S/C42H35N5/c1-28-15-21-33(22-16-28)45(34-23-17-29(2)18-24-34)35-25-19-32(20-26-35)42-40-30(3)43-46(36-11-7-5-8-12-36)38(40)27-39-41(42)31(4)44-47(39)37-13-9-6-10-14-37/h5-27H,1-4H3. The Hall–Kier alpha value is -5.94. The summed E-state index contributed by atoms with van der Waals surface area (Å²) in [5.41, 5.74) is 14.2. The third kappa shape index (κ3) is 4.97. The molecule has 2 aromatic heterocycles. The average Bonchev–Trinajstić information content (AvgIpc) is 3.62. The Labute approximate surface area is 275 Å². The second kappa shape index (κ2) is 11.5. The van der Waals surface area contributed by atoms with E-state index in [0.717, 1.165) is 72.8 Å². The highest BCUT2D eigenvalue weighted by Crippen LogP contribution is 2.42. The van der Waals surface area contributed by atoms with Crippen LogP contribution in [0.2, 0.25) is 0 Å². The maximum Gasteiger partial charge on any atom is 0.0772 e. The van der Waals surface area contributed by atoms with Crippen LogP contribution in [0.5, 0.6) is 0 Å². The number of aromatic nitrogens is 4. The molecule has 2 heterocycles. The molecule has 0 saturated heterocycles. The molecule has 0 fully saturated rings. The molecule has 8 aromatic rings. The third-order valence-electron chi connectivity index (χ3n) is 8.97. The van der Waals surface area contributed by atoms with Crippen LogP contribution in [0.4, 0.5) is 17.1 Å². The van der Waals surface area contributed by atoms with Crippen LogP contribution in [-0.4, -0.2) is 19.6 Å². The Balaban J connectivity index is 1.36. The number of anilines is 3. The summed E-state index contributed by atoms with van der Waals surface area (Å²) in [6.45, 7) is 8.47. The SMILES string of the molecule is Cc1ccc(N(c2ccc(C)cc2)c2ccc(-c3c4c(C)nn(-c5ccccc5)c4cc4c3c(C)nn4-c3ccccc3)cc2)cc1. The lowest BCUT2D eigenvalue weighted by Crippen LogP contribution is -2.09. The lowest BCUT2D eigenvalue weighted by molar-refractivity contribution is 0.882. The van der Waals surface area contributed by atoms with Crippen molar-refractivity contribution in [3.8, 4) is 22.5 Å². The van der Waals surface area contributed by atoms with Gasteiger partial charge in [0.25, 0.3) is 0 Å². The number of para-hydroxylation sites is 2. The fraction of sp³-hybridized carbons (Fsp3) is 0.0952. The first-order chi connectivity index (χ1) is 23.0. The second-order valence-corrected chi connectivity index (χ2v) is 12.3. The summed E-state index contributed by atoms with van der Waals surface area (Å²) < 4.78 is 4.13. The number of fused-ring (bicyclic) bond motifs is 2. The molecule has 0 amide bonds. The van der Waals surface area contributed by atoms with Gasteiger partial charge in [-0.2, -0.15) is 10.2 Å². The molecule has 5 nitrogen and oxygen atoms in total. The van der Waals surface area contributed by atoms with Gasteiger partial charge in [0, 0.05) is 33.4 Å². The Morgan fingerprint density at radius 1 is 0.447 bits per heavy atom. The van der Waals surface area contributed by atoms with E-state index in [2.05, 4.69) is 169 Å². The van der Waals surface area contributed by atoms with Crippen molar-refractivity contribution in [3.05, 3.63) is 162 Å². The van der Waals surface area contributed by atoms with Crippen LogP contribution >= 0.6 is 0 Å². The molecule has 0 saturated carbocycles. The molecule has 0 spiro atoms. The van der Waals surface area contributed by atoms with Crippen molar-refractivity contribution in [2.24, 2.45) is 0 Å². The van der Waals surface area contributed by atoms with Crippen molar-refractivity contribution in [1.82, 2.24) is 19.6 Å². The molecule has 0 aliphatic carbocycles. The first kappa shape index (κ1) is 28.5. The Bertz CT molecular complexity index is 2200. The number of hydrogen-bond donors (Lipinski definition) is 0. The topological polar surface area (TPSA) is 38.9 Å². The van der Waals surface area contributed by atoms with Gasteiger partial charge in [-0.1, -0.05) is 83.9 Å². The van der Waals surface area contributed by atoms with E-state index in [0.29, 0.717) is 0 Å². The highest BCUT2D eigenvalue weighted by atomic mass is 15.3. The minimum absolute atomic E-state index is 0.984. The predicted molar refractivity (Wildman–Crippen MR) is 195 cm³/mol. The minimum Gasteiger partial charge on any atom is -0.311 e. The summed E-state index contributed by atoms with van der Waals surface area (Å²) in [6, 6.07) is 49.4. The fourth-order valence-corrected chi connectivity index (χ4v) is 6.66. The number of benzene rings is 6. The van der Waals surface area contributed by atoms with Gasteiger partial charge in [0.2, 0.25) is 0 Å². The first-order valence-corrected chi connectivity index (χ1v) is 16.0. The van der Waals surface area contributed by atoms with Crippen molar-refractivity contribution >= 4 is 38.9 Å². The van der Waals surface area contributed by atoms with E-state index in [9.17, 15) is 0 Å². The average molecular weight is 610 g/mol. The van der Waals surface area contributed by atoms with Gasteiger partial charge in [-0.25, -0.2) is 9.36 Å². The smallest absolute Gasteiger partial charge is 0.0772 e. The van der Waals surface area contributed by atoms with Crippen molar-refractivity contribution in [2.45, 2.75) is 27.7 Å². The van der Waals surface area contributed by atoms with Crippen molar-refractivity contribution in [3.63, 3.8) is 0 Å². The molecule has 0 N–H and O–H groups in total. The summed E-state index contributed by atoms with van der Waals surface area (Å²) in [6.07, 6.45) is 0. The fourth-order valence-electron chi connectivity index (χ4n) is 6.66. The molecule has 228 valence electrons. The van der Waals surface area contributed by atoms with Gasteiger partial charge in [-0.3, -0.25) is 0 Å². The van der Waals surface area contributed by atoms with E-state index >= 15 is 0 Å². The second-order valence-electron chi connectivity index (χ2n) is 12.3. The van der Waals surface area contributed by atoms with Crippen molar-refractivity contribution in [1.29, 1.82) is 0 Å². The van der Waals surface area contributed by atoms with Gasteiger partial charge >= 0.3 is 0 Å². The zero-order chi connectivity index (χ0) is 32.1. The maximum atomic E-state index is 5.10. The monoisotopic (exact) mass is 609 g/mol. The first-order valence-electron chi connectivity index (χ1n) is 16.0. The molecule has 0 aliphatic rings. The number of aryl methyl sites for hydroxylation is 4. The van der Waals surface area contributed by atoms with E-state index < -0.39 is 0 Å². The van der Waals surface area contributed by atoms with E-state index in [1.165, 1.54) is 11.1 Å². The molecule has 6 aromatic carbocycles. The quantitative estimate of drug-likeness (QED) is 0.188. The van der Waals surface area contributed by atoms with E-state index in [-0.39, 0.29) is 0 Å². The minimum atomic E-state index is 0.984. The summed E-state index contributed by atoms with van der Waals surface area (Å²) in [7, 11) is 0. The zero-order valence-corrected chi connectivity index (χ0v) is 27.0. The normalized spacial score (nSPS) is 11.4. The van der Waals surface area contributed by atoms with Gasteiger partial charge in [-0.05, 0) is 100.0 Å². The molecule has 47 heavy (non-hydrogen) atoms. The molecular formula is C42H35N5. The highest BCUT2D eigenvalue weighted by Gasteiger charge is 2.23. The van der Waals surface area contributed by atoms with E-state index in [1.54, 1.807) is 0 Å². The van der Waals surface area contributed by atoms with Crippen LogP contribution in [0.15, 0.2) is 140 Å². The van der Waals surface area contributed by atoms with Crippen LogP contribution in [0.3, 0.4) is 0 Å².